The van der Waals surface area contributed by atoms with Crippen LogP contribution in [0, 0.1) is 0 Å². The van der Waals surface area contributed by atoms with E-state index < -0.39 is 0 Å². The van der Waals surface area contributed by atoms with Crippen LogP contribution in [0.1, 0.15) is 26.2 Å². The first-order valence-electron chi connectivity index (χ1n) is 5.44. The highest BCUT2D eigenvalue weighted by Crippen LogP contribution is 2.38. The summed E-state index contributed by atoms with van der Waals surface area (Å²) in [5.41, 5.74) is 1.02. The lowest BCUT2D eigenvalue weighted by molar-refractivity contribution is 0.646. The number of benzene rings is 1. The molecule has 0 spiro atoms. The van der Waals surface area contributed by atoms with Gasteiger partial charge in [-0.25, -0.2) is 0 Å². The first-order valence-corrected chi connectivity index (χ1v) is 6.20. The lowest BCUT2D eigenvalue weighted by Crippen LogP contribution is -2.28. The maximum absolute atomic E-state index is 6.21. The summed E-state index contributed by atoms with van der Waals surface area (Å²) < 4.78 is 0. The first kappa shape index (κ1) is 11.1. The van der Waals surface area contributed by atoms with Gasteiger partial charge in [-0.15, -0.1) is 0 Å². The average Bonchev–Trinajstić information content (AvgIpc) is 2.65. The zero-order chi connectivity index (χ0) is 10.8. The molecule has 0 radical (unpaired) electrons. The van der Waals surface area contributed by atoms with Crippen molar-refractivity contribution in [3.63, 3.8) is 0 Å². The Bertz CT molecular complexity index is 331. The molecule has 1 aliphatic rings. The van der Waals surface area contributed by atoms with Crippen LogP contribution in [0.4, 0.5) is 5.69 Å². The van der Waals surface area contributed by atoms with Crippen LogP contribution in [0.2, 0.25) is 10.0 Å². The Labute approximate surface area is 101 Å². The number of hydrogen-bond acceptors (Lipinski definition) is 1. The van der Waals surface area contributed by atoms with Crippen LogP contribution in [-0.4, -0.2) is 12.6 Å². The fourth-order valence-corrected chi connectivity index (χ4v) is 2.93. The predicted octanol–water partition coefficient (Wildman–Crippen LogP) is 4.37. The molecule has 1 unspecified atom stereocenters. The molecular formula is C12H15Cl2N. The molecule has 1 saturated heterocycles. The predicted molar refractivity (Wildman–Crippen MR) is 67.1 cm³/mol. The van der Waals surface area contributed by atoms with Crippen LogP contribution in [0.5, 0.6) is 0 Å². The Hall–Kier alpha value is -0.400. The van der Waals surface area contributed by atoms with Crippen molar-refractivity contribution in [2.75, 3.05) is 11.4 Å². The number of halogens is 2. The minimum Gasteiger partial charge on any atom is -0.366 e. The molecule has 0 aliphatic carbocycles. The Morgan fingerprint density at radius 3 is 2.60 bits per heavy atom. The molecule has 82 valence electrons. The highest BCUT2D eigenvalue weighted by atomic mass is 35.5. The fourth-order valence-electron chi connectivity index (χ4n) is 2.32. The third kappa shape index (κ3) is 2.09. The largest absolute Gasteiger partial charge is 0.366 e. The Morgan fingerprint density at radius 1 is 1.33 bits per heavy atom. The summed E-state index contributed by atoms with van der Waals surface area (Å²) in [6, 6.07) is 6.31. The minimum atomic E-state index is 0.599. The molecule has 1 heterocycles. The van der Waals surface area contributed by atoms with Gasteiger partial charge in [-0.3, -0.25) is 0 Å². The number of nitrogens with zero attached hydrogens (tertiary/aromatic N) is 1. The molecule has 0 amide bonds. The molecule has 1 aromatic rings. The Kier molecular flexibility index (Phi) is 3.42. The summed E-state index contributed by atoms with van der Waals surface area (Å²) in [4.78, 5) is 2.35. The third-order valence-electron chi connectivity index (χ3n) is 3.07. The molecule has 3 heteroatoms. The summed E-state index contributed by atoms with van der Waals surface area (Å²) in [7, 11) is 0. The molecule has 1 fully saturated rings. The van der Waals surface area contributed by atoms with E-state index in [1.54, 1.807) is 0 Å². The van der Waals surface area contributed by atoms with Crippen LogP contribution >= 0.6 is 23.2 Å². The SMILES string of the molecule is CCC1CCCN1c1c(Cl)cccc1Cl. The Morgan fingerprint density at radius 2 is 2.00 bits per heavy atom. The topological polar surface area (TPSA) is 3.24 Å². The molecular weight excluding hydrogens is 229 g/mol. The smallest absolute Gasteiger partial charge is 0.0747 e. The second-order valence-corrected chi connectivity index (χ2v) is 4.78. The minimum absolute atomic E-state index is 0.599. The molecule has 0 aromatic heterocycles. The van der Waals surface area contributed by atoms with E-state index in [1.807, 2.05) is 18.2 Å². The lowest BCUT2D eigenvalue weighted by Gasteiger charge is -2.27. The first-order chi connectivity index (χ1) is 7.24. The van der Waals surface area contributed by atoms with E-state index in [1.165, 1.54) is 12.8 Å². The normalized spacial score (nSPS) is 21.0. The number of hydrogen-bond donors (Lipinski definition) is 0. The van der Waals surface area contributed by atoms with E-state index >= 15 is 0 Å². The van der Waals surface area contributed by atoms with Gasteiger partial charge >= 0.3 is 0 Å². The van der Waals surface area contributed by atoms with E-state index in [0.29, 0.717) is 6.04 Å². The van der Waals surface area contributed by atoms with Crippen molar-refractivity contribution in [2.24, 2.45) is 0 Å². The summed E-state index contributed by atoms with van der Waals surface area (Å²) >= 11 is 12.4. The van der Waals surface area contributed by atoms with E-state index in [-0.39, 0.29) is 0 Å². The number of para-hydroxylation sites is 1. The fraction of sp³-hybridized carbons (Fsp3) is 0.500. The number of anilines is 1. The van der Waals surface area contributed by atoms with Crippen LogP contribution < -0.4 is 4.90 Å². The molecule has 1 aliphatic heterocycles. The van der Waals surface area contributed by atoms with Gasteiger partial charge in [0.25, 0.3) is 0 Å². The van der Waals surface area contributed by atoms with Gasteiger partial charge in [0.05, 0.1) is 15.7 Å². The molecule has 0 bridgehead atoms. The van der Waals surface area contributed by atoms with E-state index in [4.69, 9.17) is 23.2 Å². The summed E-state index contributed by atoms with van der Waals surface area (Å²) in [6.45, 7) is 3.29. The zero-order valence-electron chi connectivity index (χ0n) is 8.84. The number of rotatable bonds is 2. The van der Waals surface area contributed by atoms with Crippen LogP contribution in [0.3, 0.4) is 0 Å². The van der Waals surface area contributed by atoms with Gasteiger partial charge in [0.2, 0.25) is 0 Å². The molecule has 1 aromatic carbocycles. The van der Waals surface area contributed by atoms with Gasteiger partial charge in [-0.1, -0.05) is 36.2 Å². The summed E-state index contributed by atoms with van der Waals surface area (Å²) in [6.07, 6.45) is 3.64. The molecule has 0 saturated carbocycles. The average molecular weight is 244 g/mol. The van der Waals surface area contributed by atoms with Crippen molar-refractivity contribution in [1.29, 1.82) is 0 Å². The second kappa shape index (κ2) is 4.63. The van der Waals surface area contributed by atoms with Crippen molar-refractivity contribution in [3.05, 3.63) is 28.2 Å². The zero-order valence-corrected chi connectivity index (χ0v) is 10.4. The monoisotopic (exact) mass is 243 g/mol. The van der Waals surface area contributed by atoms with Gasteiger partial charge in [0.15, 0.2) is 0 Å². The van der Waals surface area contributed by atoms with Crippen LogP contribution in [0.25, 0.3) is 0 Å². The molecule has 15 heavy (non-hydrogen) atoms. The standard InChI is InChI=1S/C12H15Cl2N/c1-2-9-5-4-8-15(9)12-10(13)6-3-7-11(12)14/h3,6-7,9H,2,4-5,8H2,1H3. The van der Waals surface area contributed by atoms with Crippen molar-refractivity contribution in [1.82, 2.24) is 0 Å². The molecule has 1 nitrogen and oxygen atoms in total. The maximum atomic E-state index is 6.21. The second-order valence-electron chi connectivity index (χ2n) is 3.97. The maximum Gasteiger partial charge on any atom is 0.0747 e. The molecule has 2 rings (SSSR count). The summed E-state index contributed by atoms with van der Waals surface area (Å²) in [5, 5.41) is 1.53. The van der Waals surface area contributed by atoms with Crippen LogP contribution in [-0.2, 0) is 0 Å². The third-order valence-corrected chi connectivity index (χ3v) is 3.68. The van der Waals surface area contributed by atoms with Gasteiger partial charge in [-0.05, 0) is 31.4 Å². The van der Waals surface area contributed by atoms with Crippen molar-refractivity contribution in [2.45, 2.75) is 32.2 Å². The van der Waals surface area contributed by atoms with E-state index in [0.717, 1.165) is 28.7 Å². The Balaban J connectivity index is 2.36. The van der Waals surface area contributed by atoms with Crippen molar-refractivity contribution in [3.8, 4) is 0 Å². The molecule has 1 atom stereocenters. The van der Waals surface area contributed by atoms with Gasteiger partial charge in [0.1, 0.15) is 0 Å². The van der Waals surface area contributed by atoms with Crippen molar-refractivity contribution < 1.29 is 0 Å². The lowest BCUT2D eigenvalue weighted by atomic mass is 10.1. The summed E-state index contributed by atoms with van der Waals surface area (Å²) in [5.74, 6) is 0. The van der Waals surface area contributed by atoms with Gasteiger partial charge < -0.3 is 4.90 Å². The van der Waals surface area contributed by atoms with Gasteiger partial charge in [-0.2, -0.15) is 0 Å². The van der Waals surface area contributed by atoms with E-state index in [9.17, 15) is 0 Å². The highest BCUT2D eigenvalue weighted by Gasteiger charge is 2.26. The quantitative estimate of drug-likeness (QED) is 0.746. The van der Waals surface area contributed by atoms with Crippen LogP contribution in [0.15, 0.2) is 18.2 Å². The van der Waals surface area contributed by atoms with Gasteiger partial charge in [0, 0.05) is 12.6 Å². The highest BCUT2D eigenvalue weighted by molar-refractivity contribution is 6.39. The van der Waals surface area contributed by atoms with E-state index in [2.05, 4.69) is 11.8 Å². The molecule has 0 N–H and O–H groups in total. The van der Waals surface area contributed by atoms with Crippen molar-refractivity contribution >= 4 is 28.9 Å².